The molecule has 1 aliphatic heterocycles. The van der Waals surface area contributed by atoms with E-state index in [1.54, 1.807) is 7.11 Å². The number of β-amino-alcohol motifs (C(OH)–C–C–N with tert-alkyl or cyclic N) is 1. The summed E-state index contributed by atoms with van der Waals surface area (Å²) >= 11 is 0. The molecule has 1 unspecified atom stereocenters. The molecule has 5 nitrogen and oxygen atoms in total. The number of nitrogens with zero attached hydrogens (tertiary/aromatic N) is 2. The summed E-state index contributed by atoms with van der Waals surface area (Å²) in [5.74, 6) is 0. The Labute approximate surface area is 111 Å². The van der Waals surface area contributed by atoms with E-state index in [1.807, 2.05) is 0 Å². The second-order valence-electron chi connectivity index (χ2n) is 5.16. The molecule has 1 fully saturated rings. The average molecular weight is 259 g/mol. The Kier molecular flexibility index (Phi) is 8.54. The highest BCUT2D eigenvalue weighted by atomic mass is 16.5. The van der Waals surface area contributed by atoms with Gasteiger partial charge in [-0.15, -0.1) is 0 Å². The van der Waals surface area contributed by atoms with Crippen molar-refractivity contribution in [3.05, 3.63) is 0 Å². The minimum Gasteiger partial charge on any atom is -0.390 e. The lowest BCUT2D eigenvalue weighted by atomic mass is 10.3. The third kappa shape index (κ3) is 7.28. The number of rotatable bonds is 10. The van der Waals surface area contributed by atoms with Crippen molar-refractivity contribution >= 4 is 0 Å². The number of aliphatic hydroxyl groups excluding tert-OH is 1. The van der Waals surface area contributed by atoms with Crippen LogP contribution in [-0.2, 0) is 4.74 Å². The number of nitrogens with one attached hydrogen (secondary N) is 1. The van der Waals surface area contributed by atoms with Crippen LogP contribution >= 0.6 is 0 Å². The minimum absolute atomic E-state index is 0.243. The topological polar surface area (TPSA) is 48.0 Å². The second-order valence-corrected chi connectivity index (χ2v) is 5.16. The quantitative estimate of drug-likeness (QED) is 0.523. The van der Waals surface area contributed by atoms with Crippen molar-refractivity contribution in [3.8, 4) is 0 Å². The molecule has 0 spiro atoms. The van der Waals surface area contributed by atoms with Gasteiger partial charge in [0.05, 0.1) is 12.7 Å². The van der Waals surface area contributed by atoms with Gasteiger partial charge in [-0.25, -0.2) is 0 Å². The molecule has 1 rings (SSSR count). The van der Waals surface area contributed by atoms with E-state index in [2.05, 4.69) is 22.2 Å². The smallest absolute Gasteiger partial charge is 0.0791 e. The Morgan fingerprint density at radius 1 is 1.33 bits per heavy atom. The van der Waals surface area contributed by atoms with Gasteiger partial charge in [-0.05, 0) is 33.0 Å². The fraction of sp³-hybridized carbons (Fsp3) is 1.00. The number of likely N-dealkylation sites (tertiary alicyclic amines) is 1. The summed E-state index contributed by atoms with van der Waals surface area (Å²) in [4.78, 5) is 4.57. The van der Waals surface area contributed by atoms with Gasteiger partial charge in [-0.3, -0.25) is 0 Å². The molecule has 5 heteroatoms. The number of hydrogen-bond acceptors (Lipinski definition) is 5. The number of hydrogen-bond donors (Lipinski definition) is 2. The van der Waals surface area contributed by atoms with Crippen LogP contribution in [0.1, 0.15) is 12.8 Å². The van der Waals surface area contributed by atoms with Gasteiger partial charge in [0.15, 0.2) is 0 Å². The normalized spacial score (nSPS) is 18.7. The van der Waals surface area contributed by atoms with Gasteiger partial charge in [0, 0.05) is 39.8 Å². The molecule has 0 amide bonds. The first-order chi connectivity index (χ1) is 8.72. The molecular weight excluding hydrogens is 230 g/mol. The number of ether oxygens (including phenoxy) is 1. The zero-order valence-electron chi connectivity index (χ0n) is 11.9. The van der Waals surface area contributed by atoms with Gasteiger partial charge in [0.25, 0.3) is 0 Å². The Morgan fingerprint density at radius 2 is 2.06 bits per heavy atom. The molecule has 1 saturated heterocycles. The predicted molar refractivity (Wildman–Crippen MR) is 73.9 cm³/mol. The lowest BCUT2D eigenvalue weighted by Crippen LogP contribution is -2.39. The van der Waals surface area contributed by atoms with Crippen LogP contribution < -0.4 is 5.32 Å². The van der Waals surface area contributed by atoms with Crippen LogP contribution in [0, 0.1) is 0 Å². The number of aliphatic hydroxyl groups is 1. The molecule has 1 aliphatic rings. The molecule has 0 aromatic carbocycles. The van der Waals surface area contributed by atoms with Gasteiger partial charge in [0.2, 0.25) is 0 Å². The van der Waals surface area contributed by atoms with Crippen molar-refractivity contribution in [1.29, 1.82) is 0 Å². The van der Waals surface area contributed by atoms with Crippen molar-refractivity contribution in [2.75, 3.05) is 66.6 Å². The SMILES string of the molecule is COCCN(C)CCNCC(O)CN1CCCC1. The largest absolute Gasteiger partial charge is 0.390 e. The Balaban J connectivity index is 1.92. The molecule has 1 heterocycles. The van der Waals surface area contributed by atoms with E-state index in [-0.39, 0.29) is 6.10 Å². The highest BCUT2D eigenvalue weighted by Crippen LogP contribution is 2.07. The van der Waals surface area contributed by atoms with Crippen LogP contribution in [0.2, 0.25) is 0 Å². The summed E-state index contributed by atoms with van der Waals surface area (Å²) in [6.07, 6.45) is 2.32. The van der Waals surface area contributed by atoms with Crippen molar-refractivity contribution in [2.45, 2.75) is 18.9 Å². The fourth-order valence-corrected chi connectivity index (χ4v) is 2.23. The maximum Gasteiger partial charge on any atom is 0.0791 e. The predicted octanol–water partition coefficient (Wildman–Crippen LogP) is -0.389. The Bertz CT molecular complexity index is 199. The molecule has 1 atom stereocenters. The van der Waals surface area contributed by atoms with Crippen molar-refractivity contribution in [2.24, 2.45) is 0 Å². The van der Waals surface area contributed by atoms with E-state index in [4.69, 9.17) is 4.74 Å². The van der Waals surface area contributed by atoms with E-state index >= 15 is 0 Å². The summed E-state index contributed by atoms with van der Waals surface area (Å²) in [5.41, 5.74) is 0. The number of methoxy groups -OCH3 is 1. The van der Waals surface area contributed by atoms with Gasteiger partial charge < -0.3 is 25.0 Å². The maximum absolute atomic E-state index is 9.88. The highest BCUT2D eigenvalue weighted by Gasteiger charge is 2.15. The Morgan fingerprint density at radius 3 is 2.72 bits per heavy atom. The monoisotopic (exact) mass is 259 g/mol. The van der Waals surface area contributed by atoms with Crippen LogP contribution in [0.25, 0.3) is 0 Å². The van der Waals surface area contributed by atoms with Gasteiger partial charge in [-0.1, -0.05) is 0 Å². The van der Waals surface area contributed by atoms with E-state index in [1.165, 1.54) is 12.8 Å². The summed E-state index contributed by atoms with van der Waals surface area (Å²) in [7, 11) is 3.81. The standard InChI is InChI=1S/C13H29N3O2/c1-15(9-10-18-2)8-5-14-11-13(17)12-16-6-3-4-7-16/h13-14,17H,3-12H2,1-2H3. The first-order valence-corrected chi connectivity index (χ1v) is 7.01. The van der Waals surface area contributed by atoms with Crippen molar-refractivity contribution in [3.63, 3.8) is 0 Å². The van der Waals surface area contributed by atoms with E-state index in [9.17, 15) is 5.11 Å². The Hall–Kier alpha value is -0.200. The summed E-state index contributed by atoms with van der Waals surface area (Å²) in [6.45, 7) is 7.43. The zero-order valence-corrected chi connectivity index (χ0v) is 11.9. The molecule has 0 aliphatic carbocycles. The van der Waals surface area contributed by atoms with E-state index < -0.39 is 0 Å². The third-order valence-electron chi connectivity index (χ3n) is 3.40. The summed E-state index contributed by atoms with van der Waals surface area (Å²) in [5, 5.41) is 13.2. The first kappa shape index (κ1) is 15.9. The molecular formula is C13H29N3O2. The second kappa shape index (κ2) is 9.69. The van der Waals surface area contributed by atoms with Gasteiger partial charge in [0.1, 0.15) is 0 Å². The van der Waals surface area contributed by atoms with Crippen LogP contribution in [0.15, 0.2) is 0 Å². The number of likely N-dealkylation sites (N-methyl/N-ethyl adjacent to an activating group) is 1. The van der Waals surface area contributed by atoms with Crippen LogP contribution in [0.3, 0.4) is 0 Å². The van der Waals surface area contributed by atoms with Crippen molar-refractivity contribution in [1.82, 2.24) is 15.1 Å². The third-order valence-corrected chi connectivity index (χ3v) is 3.40. The lowest BCUT2D eigenvalue weighted by Gasteiger charge is -2.20. The molecule has 2 N–H and O–H groups in total. The molecule has 0 saturated carbocycles. The fourth-order valence-electron chi connectivity index (χ4n) is 2.23. The van der Waals surface area contributed by atoms with Crippen LogP contribution in [0.4, 0.5) is 0 Å². The molecule has 0 bridgehead atoms. The van der Waals surface area contributed by atoms with E-state index in [0.29, 0.717) is 6.54 Å². The van der Waals surface area contributed by atoms with E-state index in [0.717, 1.165) is 45.9 Å². The molecule has 0 radical (unpaired) electrons. The average Bonchev–Trinajstić information content (AvgIpc) is 2.85. The molecule has 0 aromatic rings. The highest BCUT2D eigenvalue weighted by molar-refractivity contribution is 4.71. The summed E-state index contributed by atoms with van der Waals surface area (Å²) in [6, 6.07) is 0. The minimum atomic E-state index is -0.243. The van der Waals surface area contributed by atoms with Crippen LogP contribution in [0.5, 0.6) is 0 Å². The molecule has 18 heavy (non-hydrogen) atoms. The first-order valence-electron chi connectivity index (χ1n) is 7.01. The summed E-state index contributed by atoms with van der Waals surface area (Å²) < 4.78 is 5.02. The van der Waals surface area contributed by atoms with Crippen molar-refractivity contribution < 1.29 is 9.84 Å². The zero-order chi connectivity index (χ0) is 13.2. The maximum atomic E-state index is 9.88. The lowest BCUT2D eigenvalue weighted by molar-refractivity contribution is 0.121. The van der Waals surface area contributed by atoms with Crippen LogP contribution in [-0.4, -0.2) is 87.6 Å². The molecule has 0 aromatic heterocycles. The van der Waals surface area contributed by atoms with Gasteiger partial charge in [-0.2, -0.15) is 0 Å². The van der Waals surface area contributed by atoms with Gasteiger partial charge >= 0.3 is 0 Å². The molecule has 108 valence electrons.